The van der Waals surface area contributed by atoms with Gasteiger partial charge in [0.05, 0.1) is 6.61 Å². The first-order valence-corrected chi connectivity index (χ1v) is 7.46. The Labute approximate surface area is 130 Å². The number of nitrogens with one attached hydrogen (secondary N) is 1. The van der Waals surface area contributed by atoms with Crippen molar-refractivity contribution in [3.8, 4) is 5.75 Å². The predicted molar refractivity (Wildman–Crippen MR) is 88.7 cm³/mol. The quantitative estimate of drug-likeness (QED) is 0.925. The number of benzene rings is 2. The van der Waals surface area contributed by atoms with Crippen LogP contribution in [0.5, 0.6) is 5.75 Å². The molecule has 2 aromatic rings. The third kappa shape index (κ3) is 3.08. The molecule has 21 heavy (non-hydrogen) atoms. The zero-order valence-electron chi connectivity index (χ0n) is 12.3. The molecule has 0 atom stereocenters. The molecule has 2 aromatic carbocycles. The summed E-state index contributed by atoms with van der Waals surface area (Å²) >= 11 is 6.19. The van der Waals surface area contributed by atoms with Crippen LogP contribution >= 0.6 is 11.6 Å². The maximum Gasteiger partial charge on any atom is 0.127 e. The Balaban J connectivity index is 1.78. The van der Waals surface area contributed by atoms with E-state index in [2.05, 4.69) is 34.5 Å². The Morgan fingerprint density at radius 3 is 2.90 bits per heavy atom. The minimum atomic E-state index is 0.708. The Bertz CT molecular complexity index is 655. The number of hydrogen-bond donors (Lipinski definition) is 1. The average Bonchev–Trinajstić information content (AvgIpc) is 2.93. The number of anilines is 2. The van der Waals surface area contributed by atoms with Gasteiger partial charge >= 0.3 is 0 Å². The molecule has 0 fully saturated rings. The van der Waals surface area contributed by atoms with Gasteiger partial charge < -0.3 is 15.0 Å². The molecule has 1 aliphatic rings. The highest BCUT2D eigenvalue weighted by molar-refractivity contribution is 6.30. The van der Waals surface area contributed by atoms with Gasteiger partial charge in [0.2, 0.25) is 0 Å². The van der Waals surface area contributed by atoms with Gasteiger partial charge in [0.25, 0.3) is 0 Å². The van der Waals surface area contributed by atoms with Crippen molar-refractivity contribution in [2.45, 2.75) is 13.0 Å². The van der Waals surface area contributed by atoms with E-state index in [1.807, 2.05) is 26.2 Å². The normalized spacial score (nSPS) is 12.7. The molecule has 0 radical (unpaired) electrons. The van der Waals surface area contributed by atoms with Crippen LogP contribution in [0.2, 0.25) is 5.02 Å². The van der Waals surface area contributed by atoms with Crippen LogP contribution in [-0.2, 0) is 13.0 Å². The molecule has 0 saturated heterocycles. The highest BCUT2D eigenvalue weighted by Gasteiger charge is 2.17. The molecule has 3 nitrogen and oxygen atoms in total. The summed E-state index contributed by atoms with van der Waals surface area (Å²) in [4.78, 5) is 2.09. The molecule has 1 aliphatic heterocycles. The number of nitrogens with zero attached hydrogens (tertiary/aromatic N) is 1. The SMILES string of the molecule is CN(C)c1cccc(NCc2cc(Cl)cc3c2OCC3)c1. The van der Waals surface area contributed by atoms with Crippen molar-refractivity contribution < 1.29 is 4.74 Å². The molecule has 3 rings (SSSR count). The summed E-state index contributed by atoms with van der Waals surface area (Å²) < 4.78 is 5.73. The predicted octanol–water partition coefficient (Wildman–Crippen LogP) is 3.95. The van der Waals surface area contributed by atoms with Crippen LogP contribution in [0.25, 0.3) is 0 Å². The third-order valence-electron chi connectivity index (χ3n) is 3.67. The van der Waals surface area contributed by atoms with Gasteiger partial charge in [-0.05, 0) is 35.9 Å². The third-order valence-corrected chi connectivity index (χ3v) is 3.89. The van der Waals surface area contributed by atoms with Gasteiger partial charge in [-0.1, -0.05) is 17.7 Å². The standard InChI is InChI=1S/C17H19ClN2O/c1-20(2)16-5-3-4-15(10-16)19-11-13-9-14(18)8-12-6-7-21-17(12)13/h3-5,8-10,19H,6-7,11H2,1-2H3. The van der Waals surface area contributed by atoms with Crippen LogP contribution in [0.3, 0.4) is 0 Å². The minimum Gasteiger partial charge on any atom is -0.493 e. The molecule has 0 bridgehead atoms. The molecule has 0 unspecified atom stereocenters. The van der Waals surface area contributed by atoms with Crippen LogP contribution in [0.4, 0.5) is 11.4 Å². The van der Waals surface area contributed by atoms with Gasteiger partial charge in [0.15, 0.2) is 0 Å². The fraction of sp³-hybridized carbons (Fsp3) is 0.294. The zero-order valence-corrected chi connectivity index (χ0v) is 13.1. The lowest BCUT2D eigenvalue weighted by Crippen LogP contribution is -2.09. The summed E-state index contributed by atoms with van der Waals surface area (Å²) in [5.41, 5.74) is 4.59. The maximum atomic E-state index is 6.19. The summed E-state index contributed by atoms with van der Waals surface area (Å²) in [6.45, 7) is 1.46. The molecule has 1 heterocycles. The van der Waals surface area contributed by atoms with Gasteiger partial charge in [-0.25, -0.2) is 0 Å². The van der Waals surface area contributed by atoms with E-state index < -0.39 is 0 Å². The first kappa shape index (κ1) is 14.1. The number of hydrogen-bond acceptors (Lipinski definition) is 3. The summed E-state index contributed by atoms with van der Waals surface area (Å²) in [6, 6.07) is 12.3. The molecule has 0 aromatic heterocycles. The van der Waals surface area contributed by atoms with Crippen molar-refractivity contribution in [2.24, 2.45) is 0 Å². The Morgan fingerprint density at radius 1 is 1.24 bits per heavy atom. The lowest BCUT2D eigenvalue weighted by molar-refractivity contribution is 0.354. The molecule has 0 amide bonds. The first-order chi connectivity index (χ1) is 10.1. The van der Waals surface area contributed by atoms with Gasteiger partial charge in [-0.3, -0.25) is 0 Å². The van der Waals surface area contributed by atoms with Crippen molar-refractivity contribution in [1.29, 1.82) is 0 Å². The van der Waals surface area contributed by atoms with Crippen molar-refractivity contribution in [3.63, 3.8) is 0 Å². The number of ether oxygens (including phenoxy) is 1. The monoisotopic (exact) mass is 302 g/mol. The van der Waals surface area contributed by atoms with Gasteiger partial charge in [-0.15, -0.1) is 0 Å². The van der Waals surface area contributed by atoms with Crippen LogP contribution in [-0.4, -0.2) is 20.7 Å². The molecule has 110 valence electrons. The summed E-state index contributed by atoms with van der Waals surface area (Å²) in [7, 11) is 4.08. The van der Waals surface area contributed by atoms with Crippen molar-refractivity contribution in [1.82, 2.24) is 0 Å². The van der Waals surface area contributed by atoms with E-state index in [1.54, 1.807) is 0 Å². The van der Waals surface area contributed by atoms with E-state index in [1.165, 1.54) is 11.3 Å². The molecule has 0 aliphatic carbocycles. The zero-order chi connectivity index (χ0) is 14.8. The van der Waals surface area contributed by atoms with E-state index in [0.29, 0.717) is 6.54 Å². The molecule has 1 N–H and O–H groups in total. The van der Waals surface area contributed by atoms with Gasteiger partial charge in [-0.2, -0.15) is 0 Å². The smallest absolute Gasteiger partial charge is 0.127 e. The van der Waals surface area contributed by atoms with E-state index >= 15 is 0 Å². The maximum absolute atomic E-state index is 6.19. The first-order valence-electron chi connectivity index (χ1n) is 7.09. The topological polar surface area (TPSA) is 24.5 Å². The van der Waals surface area contributed by atoms with Crippen LogP contribution in [0.1, 0.15) is 11.1 Å². The summed E-state index contributed by atoms with van der Waals surface area (Å²) in [5, 5.41) is 4.22. The Hall–Kier alpha value is -1.87. The molecular formula is C17H19ClN2O. The second kappa shape index (κ2) is 5.86. The molecule has 4 heteroatoms. The molecule has 0 spiro atoms. The van der Waals surface area contributed by atoms with E-state index in [-0.39, 0.29) is 0 Å². The fourth-order valence-electron chi connectivity index (χ4n) is 2.57. The highest BCUT2D eigenvalue weighted by Crippen LogP contribution is 2.33. The number of fused-ring (bicyclic) bond motifs is 1. The van der Waals surface area contributed by atoms with E-state index in [0.717, 1.165) is 35.1 Å². The average molecular weight is 303 g/mol. The Morgan fingerprint density at radius 2 is 2.10 bits per heavy atom. The number of rotatable bonds is 4. The highest BCUT2D eigenvalue weighted by atomic mass is 35.5. The van der Waals surface area contributed by atoms with Crippen molar-refractivity contribution in [3.05, 3.63) is 52.5 Å². The lowest BCUT2D eigenvalue weighted by Gasteiger charge is -2.15. The van der Waals surface area contributed by atoms with Crippen molar-refractivity contribution >= 4 is 23.0 Å². The van der Waals surface area contributed by atoms with E-state index in [9.17, 15) is 0 Å². The van der Waals surface area contributed by atoms with Crippen molar-refractivity contribution in [2.75, 3.05) is 30.9 Å². The number of halogens is 1. The Kier molecular flexibility index (Phi) is 3.93. The minimum absolute atomic E-state index is 0.708. The van der Waals surface area contributed by atoms with Crippen LogP contribution in [0, 0.1) is 0 Å². The summed E-state index contributed by atoms with van der Waals surface area (Å²) in [5.74, 6) is 0.996. The van der Waals surface area contributed by atoms with E-state index in [4.69, 9.17) is 16.3 Å². The van der Waals surface area contributed by atoms with Crippen LogP contribution in [0.15, 0.2) is 36.4 Å². The largest absolute Gasteiger partial charge is 0.493 e. The second-order valence-corrected chi connectivity index (χ2v) is 5.89. The lowest BCUT2D eigenvalue weighted by atomic mass is 10.1. The molecular weight excluding hydrogens is 284 g/mol. The summed E-state index contributed by atoms with van der Waals surface area (Å²) in [6.07, 6.45) is 0.943. The van der Waals surface area contributed by atoms with Gasteiger partial charge in [0.1, 0.15) is 5.75 Å². The second-order valence-electron chi connectivity index (χ2n) is 5.45. The van der Waals surface area contributed by atoms with Gasteiger partial charge in [0, 0.05) is 49.0 Å². The fourth-order valence-corrected chi connectivity index (χ4v) is 2.83. The van der Waals surface area contributed by atoms with Crippen LogP contribution < -0.4 is 15.0 Å². The molecule has 0 saturated carbocycles.